The molecular formula is C14H26N2O2. The van der Waals surface area contributed by atoms with Gasteiger partial charge < -0.3 is 9.47 Å². The molecule has 0 heterocycles. The van der Waals surface area contributed by atoms with Crippen LogP contribution in [0.25, 0.3) is 0 Å². The maximum atomic E-state index is 9.33. The third kappa shape index (κ3) is 4.93. The highest BCUT2D eigenvalue weighted by Crippen LogP contribution is 2.31. The number of rotatable bonds is 8. The van der Waals surface area contributed by atoms with Gasteiger partial charge in [-0.15, -0.1) is 0 Å². The first-order valence-electron chi connectivity index (χ1n) is 7.00. The fourth-order valence-corrected chi connectivity index (χ4v) is 2.48. The third-order valence-corrected chi connectivity index (χ3v) is 3.18. The lowest BCUT2D eigenvalue weighted by atomic mass is 9.98. The first-order valence-corrected chi connectivity index (χ1v) is 7.00. The summed E-state index contributed by atoms with van der Waals surface area (Å²) in [6, 6.07) is 2.76. The lowest BCUT2D eigenvalue weighted by Gasteiger charge is -2.25. The second-order valence-corrected chi connectivity index (χ2v) is 5.34. The average molecular weight is 254 g/mol. The van der Waals surface area contributed by atoms with Crippen molar-refractivity contribution >= 4 is 0 Å². The molecule has 1 rings (SSSR count). The molecule has 1 N–H and O–H groups in total. The molecule has 0 saturated heterocycles. The summed E-state index contributed by atoms with van der Waals surface area (Å²) in [5.41, 5.74) is -0.386. The zero-order valence-electron chi connectivity index (χ0n) is 11.9. The summed E-state index contributed by atoms with van der Waals surface area (Å²) in [6.45, 7) is 8.33. The van der Waals surface area contributed by atoms with Crippen LogP contribution in [0.3, 0.4) is 0 Å². The molecule has 0 aromatic heterocycles. The normalized spacial score (nSPS) is 27.6. The summed E-state index contributed by atoms with van der Waals surface area (Å²) < 4.78 is 11.2. The van der Waals surface area contributed by atoms with Crippen molar-refractivity contribution in [2.24, 2.45) is 0 Å². The van der Waals surface area contributed by atoms with Gasteiger partial charge in [0.2, 0.25) is 0 Å². The number of nitriles is 1. The van der Waals surface area contributed by atoms with Crippen LogP contribution in [0.4, 0.5) is 0 Å². The van der Waals surface area contributed by atoms with E-state index in [0.717, 1.165) is 32.3 Å². The van der Waals surface area contributed by atoms with Gasteiger partial charge in [-0.3, -0.25) is 5.32 Å². The van der Waals surface area contributed by atoms with Crippen molar-refractivity contribution in [1.82, 2.24) is 5.32 Å². The van der Waals surface area contributed by atoms with E-state index >= 15 is 0 Å². The van der Waals surface area contributed by atoms with Crippen molar-refractivity contribution in [3.05, 3.63) is 0 Å². The van der Waals surface area contributed by atoms with Crippen LogP contribution in [0.5, 0.6) is 0 Å². The van der Waals surface area contributed by atoms with E-state index in [1.54, 1.807) is 0 Å². The summed E-state index contributed by atoms with van der Waals surface area (Å²) in [6.07, 6.45) is 3.86. The summed E-state index contributed by atoms with van der Waals surface area (Å²) in [7, 11) is 0. The highest BCUT2D eigenvalue weighted by molar-refractivity contribution is 5.12. The zero-order valence-corrected chi connectivity index (χ0v) is 11.9. The highest BCUT2D eigenvalue weighted by atomic mass is 16.5. The van der Waals surface area contributed by atoms with E-state index in [0.29, 0.717) is 19.3 Å². The van der Waals surface area contributed by atoms with Gasteiger partial charge in [-0.1, -0.05) is 6.92 Å². The maximum Gasteiger partial charge on any atom is 0.109 e. The van der Waals surface area contributed by atoms with Crippen molar-refractivity contribution < 1.29 is 9.47 Å². The van der Waals surface area contributed by atoms with Crippen molar-refractivity contribution in [1.29, 1.82) is 5.26 Å². The minimum absolute atomic E-state index is 0.195. The molecule has 2 atom stereocenters. The molecule has 0 aromatic carbocycles. The van der Waals surface area contributed by atoms with Crippen LogP contribution in [0, 0.1) is 11.3 Å². The van der Waals surface area contributed by atoms with Crippen molar-refractivity contribution in [2.45, 2.75) is 64.1 Å². The Morgan fingerprint density at radius 2 is 2.17 bits per heavy atom. The molecule has 1 aliphatic carbocycles. The SMILES string of the molecule is CCCOCCOC1CCC(C#N)(NC(C)C)C1. The molecule has 18 heavy (non-hydrogen) atoms. The Hall–Kier alpha value is -0.630. The van der Waals surface area contributed by atoms with E-state index in [-0.39, 0.29) is 11.6 Å². The fraction of sp³-hybridized carbons (Fsp3) is 0.929. The molecule has 0 bridgehead atoms. The standard InChI is InChI=1S/C14H26N2O2/c1-4-7-17-8-9-18-13-5-6-14(10-13,11-15)16-12(2)3/h12-13,16H,4-10H2,1-3H3. The van der Waals surface area contributed by atoms with Gasteiger partial charge in [-0.2, -0.15) is 5.26 Å². The minimum atomic E-state index is -0.386. The van der Waals surface area contributed by atoms with Gasteiger partial charge >= 0.3 is 0 Å². The van der Waals surface area contributed by atoms with Crippen LogP contribution >= 0.6 is 0 Å². The molecule has 0 spiro atoms. The fourth-order valence-electron chi connectivity index (χ4n) is 2.48. The zero-order chi connectivity index (χ0) is 13.4. The molecule has 4 nitrogen and oxygen atoms in total. The van der Waals surface area contributed by atoms with Gasteiger partial charge in [0.1, 0.15) is 5.54 Å². The minimum Gasteiger partial charge on any atom is -0.379 e. The first kappa shape index (κ1) is 15.4. The topological polar surface area (TPSA) is 54.3 Å². The van der Waals surface area contributed by atoms with Gasteiger partial charge in [0.25, 0.3) is 0 Å². The second-order valence-electron chi connectivity index (χ2n) is 5.34. The molecule has 0 radical (unpaired) electrons. The molecule has 104 valence electrons. The van der Waals surface area contributed by atoms with Crippen LogP contribution in [-0.2, 0) is 9.47 Å². The molecule has 2 unspecified atom stereocenters. The van der Waals surface area contributed by atoms with E-state index in [2.05, 4.69) is 32.2 Å². The number of hydrogen-bond donors (Lipinski definition) is 1. The van der Waals surface area contributed by atoms with E-state index in [4.69, 9.17) is 9.47 Å². The molecule has 0 amide bonds. The molecule has 0 aliphatic heterocycles. The molecule has 1 fully saturated rings. The van der Waals surface area contributed by atoms with E-state index in [1.807, 2.05) is 0 Å². The predicted octanol–water partition coefficient (Wildman–Crippen LogP) is 2.24. The smallest absolute Gasteiger partial charge is 0.109 e. The van der Waals surface area contributed by atoms with Crippen LogP contribution in [-0.4, -0.2) is 37.5 Å². The number of nitrogens with one attached hydrogen (secondary N) is 1. The van der Waals surface area contributed by atoms with Crippen LogP contribution in [0.2, 0.25) is 0 Å². The van der Waals surface area contributed by atoms with Gasteiger partial charge in [0.15, 0.2) is 0 Å². The first-order chi connectivity index (χ1) is 8.62. The quantitative estimate of drug-likeness (QED) is 0.675. The summed E-state index contributed by atoms with van der Waals surface area (Å²) in [5.74, 6) is 0. The number of nitrogens with zero attached hydrogens (tertiary/aromatic N) is 1. The third-order valence-electron chi connectivity index (χ3n) is 3.18. The van der Waals surface area contributed by atoms with Crippen LogP contribution in [0.15, 0.2) is 0 Å². The maximum absolute atomic E-state index is 9.33. The van der Waals surface area contributed by atoms with E-state index < -0.39 is 0 Å². The summed E-state index contributed by atoms with van der Waals surface area (Å²) in [5, 5.41) is 12.7. The van der Waals surface area contributed by atoms with Gasteiger partial charge in [-0.25, -0.2) is 0 Å². The lowest BCUT2D eigenvalue weighted by Crippen LogP contribution is -2.45. The van der Waals surface area contributed by atoms with Crippen molar-refractivity contribution in [2.75, 3.05) is 19.8 Å². The Kier molecular flexibility index (Phi) is 6.62. The van der Waals surface area contributed by atoms with E-state index in [1.165, 1.54) is 0 Å². The second kappa shape index (κ2) is 7.73. The Balaban J connectivity index is 2.25. The summed E-state index contributed by atoms with van der Waals surface area (Å²) in [4.78, 5) is 0. The van der Waals surface area contributed by atoms with Crippen LogP contribution in [0.1, 0.15) is 46.5 Å². The van der Waals surface area contributed by atoms with Crippen molar-refractivity contribution in [3.8, 4) is 6.07 Å². The lowest BCUT2D eigenvalue weighted by molar-refractivity contribution is 0.00595. The largest absolute Gasteiger partial charge is 0.379 e. The number of ether oxygens (including phenoxy) is 2. The van der Waals surface area contributed by atoms with Crippen molar-refractivity contribution in [3.63, 3.8) is 0 Å². The van der Waals surface area contributed by atoms with Crippen LogP contribution < -0.4 is 5.32 Å². The molecular weight excluding hydrogens is 228 g/mol. The van der Waals surface area contributed by atoms with Gasteiger partial charge in [0.05, 0.1) is 25.4 Å². The Morgan fingerprint density at radius 3 is 2.78 bits per heavy atom. The monoisotopic (exact) mass is 254 g/mol. The van der Waals surface area contributed by atoms with Gasteiger partial charge in [0, 0.05) is 19.1 Å². The summed E-state index contributed by atoms with van der Waals surface area (Å²) >= 11 is 0. The predicted molar refractivity (Wildman–Crippen MR) is 71.3 cm³/mol. The molecule has 1 saturated carbocycles. The molecule has 1 aliphatic rings. The molecule has 0 aromatic rings. The van der Waals surface area contributed by atoms with Gasteiger partial charge in [-0.05, 0) is 33.1 Å². The Labute approximate surface area is 111 Å². The average Bonchev–Trinajstić information content (AvgIpc) is 2.72. The molecule has 4 heteroatoms. The Bertz CT molecular complexity index is 275. The van der Waals surface area contributed by atoms with E-state index in [9.17, 15) is 5.26 Å². The Morgan fingerprint density at radius 1 is 1.39 bits per heavy atom. The highest BCUT2D eigenvalue weighted by Gasteiger charge is 2.40. The number of hydrogen-bond acceptors (Lipinski definition) is 4.